The van der Waals surface area contributed by atoms with Crippen LogP contribution in [0, 0.1) is 0 Å². The molecule has 1 aliphatic rings. The molecule has 0 fully saturated rings. The van der Waals surface area contributed by atoms with Gasteiger partial charge in [0.15, 0.2) is 17.6 Å². The van der Waals surface area contributed by atoms with Crippen LogP contribution < -0.4 is 10.6 Å². The number of nitrogens with zero attached hydrogens (tertiary/aromatic N) is 4. The van der Waals surface area contributed by atoms with Crippen LogP contribution >= 0.6 is 11.3 Å². The highest BCUT2D eigenvalue weighted by atomic mass is 32.1. The summed E-state index contributed by atoms with van der Waals surface area (Å²) in [6, 6.07) is 16.9. The number of nitrogens with one attached hydrogen (secondary N) is 2. The van der Waals surface area contributed by atoms with E-state index in [0.29, 0.717) is 23.9 Å². The van der Waals surface area contributed by atoms with Gasteiger partial charge < -0.3 is 19.8 Å². The van der Waals surface area contributed by atoms with Gasteiger partial charge in [0.1, 0.15) is 15.4 Å². The number of aliphatic imine (C=N–C) groups is 1. The second-order valence-corrected chi connectivity index (χ2v) is 10.8. The number of carbonyl (C=O) groups is 1. The number of alkyl halides is 3. The summed E-state index contributed by atoms with van der Waals surface area (Å²) in [6.07, 6.45) is -5.44. The molecule has 5 rings (SSSR count). The van der Waals surface area contributed by atoms with Crippen LogP contribution in [0.4, 0.5) is 24.2 Å². The standard InChI is InChI=1S/C28H27F3N6O3S/c1-27(2,28(29,30)31)25-34-21(24(41-25)32-13-14-39-3)23-36-37-26(40-23)35-22-19(38)15-17-11-7-8-12-18(17)20(33-22)16-9-5-4-6-10-16/h4-12,22,32H,13-15H2,1-3H3,(H,35,37)/t22-/m1/s1. The van der Waals surface area contributed by atoms with E-state index in [-0.39, 0.29) is 34.8 Å². The zero-order valence-electron chi connectivity index (χ0n) is 22.5. The lowest BCUT2D eigenvalue weighted by Crippen LogP contribution is -2.36. The summed E-state index contributed by atoms with van der Waals surface area (Å²) < 4.78 is 52.2. The van der Waals surface area contributed by atoms with Crippen LogP contribution in [0.1, 0.15) is 35.5 Å². The van der Waals surface area contributed by atoms with Gasteiger partial charge >= 0.3 is 12.2 Å². The molecule has 0 saturated heterocycles. The number of Topliss-reactive ketones (excluding diaryl/α,β-unsaturated/α-hetero) is 1. The van der Waals surface area contributed by atoms with Crippen LogP contribution in [0.5, 0.6) is 0 Å². The first-order valence-corrected chi connectivity index (χ1v) is 13.6. The van der Waals surface area contributed by atoms with E-state index in [1.807, 2.05) is 54.6 Å². The third-order valence-electron chi connectivity index (χ3n) is 6.60. The highest BCUT2D eigenvalue weighted by molar-refractivity contribution is 7.16. The van der Waals surface area contributed by atoms with Crippen LogP contribution in [-0.2, 0) is 21.4 Å². The maximum Gasteiger partial charge on any atom is 0.400 e. The van der Waals surface area contributed by atoms with Crippen LogP contribution in [0.3, 0.4) is 0 Å². The highest BCUT2D eigenvalue weighted by Crippen LogP contribution is 2.45. The quantitative estimate of drug-likeness (QED) is 0.248. The fraction of sp³-hybridized carbons (Fsp3) is 0.321. The Morgan fingerprint density at radius 3 is 2.54 bits per heavy atom. The van der Waals surface area contributed by atoms with Crippen molar-refractivity contribution in [2.24, 2.45) is 4.99 Å². The minimum Gasteiger partial charge on any atom is -0.402 e. The number of halogens is 3. The maximum atomic E-state index is 13.8. The molecule has 2 aromatic carbocycles. The normalized spacial score (nSPS) is 15.7. The zero-order chi connectivity index (χ0) is 29.2. The number of hydrogen-bond acceptors (Lipinski definition) is 10. The Kier molecular flexibility index (Phi) is 7.91. The molecule has 214 valence electrons. The molecule has 41 heavy (non-hydrogen) atoms. The monoisotopic (exact) mass is 584 g/mol. The van der Waals surface area contributed by atoms with E-state index in [1.54, 1.807) is 0 Å². The van der Waals surface area contributed by atoms with E-state index in [9.17, 15) is 18.0 Å². The fourth-order valence-corrected chi connectivity index (χ4v) is 5.24. The van der Waals surface area contributed by atoms with Crippen molar-refractivity contribution in [1.82, 2.24) is 15.2 Å². The topological polar surface area (TPSA) is 115 Å². The SMILES string of the molecule is COCCNc1sc(C(C)(C)C(F)(F)F)nc1-c1nnc(N[C@H]2N=C(c3ccccc3)c3ccccc3CC2=O)o1. The molecule has 0 unspecified atom stereocenters. The number of rotatable bonds is 9. The molecule has 1 atom stereocenters. The molecular weight excluding hydrogens is 557 g/mol. The maximum absolute atomic E-state index is 13.8. The number of fused-ring (bicyclic) bond motifs is 1. The van der Waals surface area contributed by atoms with Gasteiger partial charge in [0.25, 0.3) is 5.89 Å². The summed E-state index contributed by atoms with van der Waals surface area (Å²) in [5, 5.41) is 14.1. The predicted molar refractivity (Wildman–Crippen MR) is 149 cm³/mol. The molecule has 13 heteroatoms. The summed E-state index contributed by atoms with van der Waals surface area (Å²) in [6.45, 7) is 2.77. The lowest BCUT2D eigenvalue weighted by Gasteiger charge is -2.24. The minimum atomic E-state index is -4.53. The number of methoxy groups -OCH3 is 1. The largest absolute Gasteiger partial charge is 0.402 e. The molecule has 0 aliphatic carbocycles. The van der Waals surface area contributed by atoms with Gasteiger partial charge in [-0.05, 0) is 19.4 Å². The molecular formula is C28H27F3N6O3S. The lowest BCUT2D eigenvalue weighted by atomic mass is 9.94. The third-order valence-corrected chi connectivity index (χ3v) is 7.93. The molecule has 2 aromatic heterocycles. The molecule has 3 heterocycles. The molecule has 0 saturated carbocycles. The number of hydrogen-bond donors (Lipinski definition) is 2. The van der Waals surface area contributed by atoms with Crippen LogP contribution in [0.2, 0.25) is 0 Å². The molecule has 0 spiro atoms. The molecule has 1 aliphatic heterocycles. The Labute approximate surface area is 237 Å². The summed E-state index contributed by atoms with van der Waals surface area (Å²) in [4.78, 5) is 22.2. The Balaban J connectivity index is 1.47. The van der Waals surface area contributed by atoms with E-state index in [0.717, 1.165) is 41.9 Å². The summed E-state index contributed by atoms with van der Waals surface area (Å²) in [7, 11) is 1.52. The number of thiazole rings is 1. The number of aromatic nitrogens is 3. The molecule has 0 radical (unpaired) electrons. The van der Waals surface area contributed by atoms with Crippen molar-refractivity contribution in [3.05, 3.63) is 76.3 Å². The predicted octanol–water partition coefficient (Wildman–Crippen LogP) is 5.49. The van der Waals surface area contributed by atoms with E-state index in [1.165, 1.54) is 7.11 Å². The second-order valence-electron chi connectivity index (χ2n) is 9.84. The first-order valence-electron chi connectivity index (χ1n) is 12.7. The van der Waals surface area contributed by atoms with E-state index in [4.69, 9.17) is 14.1 Å². The molecule has 2 N–H and O–H groups in total. The van der Waals surface area contributed by atoms with Crippen molar-refractivity contribution >= 4 is 33.8 Å². The van der Waals surface area contributed by atoms with Gasteiger partial charge in [-0.25, -0.2) is 4.98 Å². The van der Waals surface area contributed by atoms with Crippen molar-refractivity contribution in [2.75, 3.05) is 30.9 Å². The number of ether oxygens (including phenoxy) is 1. The smallest absolute Gasteiger partial charge is 0.400 e. The third kappa shape index (κ3) is 5.86. The number of anilines is 2. The average Bonchev–Trinajstić information content (AvgIpc) is 3.56. The minimum absolute atomic E-state index is 0.0760. The van der Waals surface area contributed by atoms with Gasteiger partial charge in [-0.1, -0.05) is 71.0 Å². The van der Waals surface area contributed by atoms with E-state index >= 15 is 0 Å². The molecule has 0 amide bonds. The van der Waals surface area contributed by atoms with Crippen molar-refractivity contribution in [3.63, 3.8) is 0 Å². The van der Waals surface area contributed by atoms with E-state index < -0.39 is 17.8 Å². The van der Waals surface area contributed by atoms with Gasteiger partial charge in [0.2, 0.25) is 0 Å². The van der Waals surface area contributed by atoms with Crippen molar-refractivity contribution in [1.29, 1.82) is 0 Å². The molecule has 9 nitrogen and oxygen atoms in total. The van der Waals surface area contributed by atoms with E-state index in [2.05, 4.69) is 25.8 Å². The van der Waals surface area contributed by atoms with Crippen LogP contribution in [0.25, 0.3) is 11.6 Å². The molecule has 0 bridgehead atoms. The average molecular weight is 585 g/mol. The van der Waals surface area contributed by atoms with Crippen molar-refractivity contribution in [3.8, 4) is 11.6 Å². The zero-order valence-corrected chi connectivity index (χ0v) is 23.3. The Bertz CT molecular complexity index is 1570. The Morgan fingerprint density at radius 2 is 1.80 bits per heavy atom. The Hall–Kier alpha value is -4.10. The highest BCUT2D eigenvalue weighted by Gasteiger charge is 2.51. The molecule has 4 aromatic rings. The Morgan fingerprint density at radius 1 is 1.07 bits per heavy atom. The van der Waals surface area contributed by atoms with Gasteiger partial charge in [0.05, 0.1) is 12.3 Å². The van der Waals surface area contributed by atoms with Crippen molar-refractivity contribution < 1.29 is 27.1 Å². The number of benzene rings is 2. The second kappa shape index (κ2) is 11.4. The number of carbonyl (C=O) groups excluding carboxylic acids is 1. The summed E-state index contributed by atoms with van der Waals surface area (Å²) >= 11 is 0.856. The number of ketones is 1. The summed E-state index contributed by atoms with van der Waals surface area (Å²) in [5.74, 6) is -0.322. The summed E-state index contributed by atoms with van der Waals surface area (Å²) in [5.41, 5.74) is 1.02. The first-order chi connectivity index (χ1) is 19.6. The van der Waals surface area contributed by atoms with Crippen LogP contribution in [-0.4, -0.2) is 59.3 Å². The van der Waals surface area contributed by atoms with Gasteiger partial charge in [0, 0.05) is 31.2 Å². The first kappa shape index (κ1) is 28.4. The van der Waals surface area contributed by atoms with Crippen molar-refractivity contribution in [2.45, 2.75) is 38.0 Å². The van der Waals surface area contributed by atoms with Crippen LogP contribution in [0.15, 0.2) is 64.0 Å². The fourth-order valence-electron chi connectivity index (χ4n) is 4.13. The van der Waals surface area contributed by atoms with Gasteiger partial charge in [-0.2, -0.15) is 13.2 Å². The lowest BCUT2D eigenvalue weighted by molar-refractivity contribution is -0.180. The van der Waals surface area contributed by atoms with Gasteiger partial charge in [-0.15, -0.1) is 5.10 Å². The van der Waals surface area contributed by atoms with Gasteiger partial charge in [-0.3, -0.25) is 9.79 Å².